The number of nitrogens with one attached hydrogen (secondary N) is 3. The van der Waals surface area contributed by atoms with E-state index in [0.717, 1.165) is 29.1 Å². The lowest BCUT2D eigenvalue weighted by atomic mass is 10.1. The molecular weight excluding hydrogens is 435 g/mol. The summed E-state index contributed by atoms with van der Waals surface area (Å²) >= 11 is 13.0. The summed E-state index contributed by atoms with van der Waals surface area (Å²) in [6.45, 7) is 0.555. The van der Waals surface area contributed by atoms with E-state index in [0.29, 0.717) is 28.0 Å². The van der Waals surface area contributed by atoms with Crippen molar-refractivity contribution < 1.29 is 9.84 Å². The Bertz CT molecular complexity index is 1190. The van der Waals surface area contributed by atoms with Crippen LogP contribution in [0.1, 0.15) is 11.3 Å². The minimum Gasteiger partial charge on any atom is -0.497 e. The van der Waals surface area contributed by atoms with Crippen molar-refractivity contribution in [1.29, 1.82) is 0 Å². The number of aromatic nitrogens is 2. The van der Waals surface area contributed by atoms with Crippen molar-refractivity contribution in [2.24, 2.45) is 0 Å². The first kappa shape index (κ1) is 21.3. The first-order chi connectivity index (χ1) is 15.1. The number of aliphatic hydroxyl groups excluding tert-OH is 1. The molecule has 8 heteroatoms. The maximum atomic E-state index is 9.24. The highest BCUT2D eigenvalue weighted by Gasteiger charge is 2.10. The average Bonchev–Trinajstić information content (AvgIpc) is 3.17. The molecule has 0 aliphatic heterocycles. The number of hydrogen-bond donors (Lipinski definition) is 4. The minimum absolute atomic E-state index is 0.121. The highest BCUT2D eigenvalue weighted by atomic mass is 35.5. The predicted octanol–water partition coefficient (Wildman–Crippen LogP) is 5.77. The third kappa shape index (κ3) is 4.88. The highest BCUT2D eigenvalue weighted by Crippen LogP contribution is 2.35. The summed E-state index contributed by atoms with van der Waals surface area (Å²) in [4.78, 5) is 7.36. The number of methoxy groups -OCH3 is 1. The van der Waals surface area contributed by atoms with Crippen molar-refractivity contribution in [2.45, 2.75) is 13.0 Å². The van der Waals surface area contributed by atoms with Crippen LogP contribution in [0.2, 0.25) is 10.0 Å². The summed E-state index contributed by atoms with van der Waals surface area (Å²) in [5.74, 6) is 0.825. The van der Waals surface area contributed by atoms with E-state index in [-0.39, 0.29) is 6.61 Å². The van der Waals surface area contributed by atoms with Crippen molar-refractivity contribution in [3.63, 3.8) is 0 Å². The lowest BCUT2D eigenvalue weighted by Crippen LogP contribution is -2.06. The fourth-order valence-electron chi connectivity index (χ4n) is 3.44. The van der Waals surface area contributed by atoms with Gasteiger partial charge in [-0.25, -0.2) is 0 Å². The Labute approximate surface area is 190 Å². The van der Waals surface area contributed by atoms with Crippen LogP contribution >= 0.6 is 23.2 Å². The van der Waals surface area contributed by atoms with Gasteiger partial charge in [-0.3, -0.25) is 4.98 Å². The fraction of sp³-hybridized carbons (Fsp3) is 0.174. The van der Waals surface area contributed by atoms with E-state index in [9.17, 15) is 5.11 Å². The first-order valence-electron chi connectivity index (χ1n) is 9.77. The normalized spacial score (nSPS) is 11.0. The smallest absolute Gasteiger partial charge is 0.120 e. The molecule has 2 aromatic heterocycles. The van der Waals surface area contributed by atoms with E-state index < -0.39 is 0 Å². The van der Waals surface area contributed by atoms with Gasteiger partial charge in [-0.05, 0) is 48.4 Å². The summed E-state index contributed by atoms with van der Waals surface area (Å²) in [6.07, 6.45) is 4.45. The van der Waals surface area contributed by atoms with Gasteiger partial charge in [0.25, 0.3) is 0 Å². The van der Waals surface area contributed by atoms with Crippen LogP contribution in [0.4, 0.5) is 17.1 Å². The zero-order valence-electron chi connectivity index (χ0n) is 16.9. The van der Waals surface area contributed by atoms with Crippen LogP contribution in [0.3, 0.4) is 0 Å². The van der Waals surface area contributed by atoms with Crippen LogP contribution in [-0.2, 0) is 13.0 Å². The zero-order valence-corrected chi connectivity index (χ0v) is 18.4. The molecule has 0 saturated carbocycles. The van der Waals surface area contributed by atoms with Crippen LogP contribution in [0.15, 0.2) is 54.9 Å². The third-order valence-electron chi connectivity index (χ3n) is 4.98. The summed E-state index contributed by atoms with van der Waals surface area (Å²) in [6, 6.07) is 13.2. The van der Waals surface area contributed by atoms with Crippen LogP contribution in [-0.4, -0.2) is 28.7 Å². The van der Waals surface area contributed by atoms with Gasteiger partial charge in [-0.2, -0.15) is 0 Å². The number of nitrogens with zero attached hydrogens (tertiary/aromatic N) is 1. The van der Waals surface area contributed by atoms with E-state index in [4.69, 9.17) is 27.9 Å². The molecule has 31 heavy (non-hydrogen) atoms. The van der Waals surface area contributed by atoms with Crippen LogP contribution < -0.4 is 15.4 Å². The molecular formula is C23H22Cl2N4O2. The van der Waals surface area contributed by atoms with Crippen molar-refractivity contribution in [2.75, 3.05) is 24.3 Å². The number of benzene rings is 2. The molecule has 0 aliphatic rings. The van der Waals surface area contributed by atoms with Gasteiger partial charge in [0.1, 0.15) is 5.75 Å². The molecule has 0 spiro atoms. The average molecular weight is 457 g/mol. The summed E-state index contributed by atoms with van der Waals surface area (Å²) in [5, 5.41) is 18.0. The van der Waals surface area contributed by atoms with Crippen molar-refractivity contribution in [3.8, 4) is 5.75 Å². The molecule has 0 bridgehead atoms. The maximum absolute atomic E-state index is 9.24. The quantitative estimate of drug-likeness (QED) is 0.270. The molecule has 0 aliphatic carbocycles. The van der Waals surface area contributed by atoms with Gasteiger partial charge in [0.05, 0.1) is 35.1 Å². The molecule has 0 saturated heterocycles. The second-order valence-corrected chi connectivity index (χ2v) is 7.85. The number of anilines is 3. The molecule has 4 aromatic rings. The molecule has 4 rings (SSSR count). The molecule has 2 heterocycles. The number of pyridine rings is 1. The number of ether oxygens (including phenoxy) is 1. The van der Waals surface area contributed by atoms with Gasteiger partial charge in [0.2, 0.25) is 0 Å². The van der Waals surface area contributed by atoms with E-state index in [1.54, 1.807) is 19.4 Å². The molecule has 0 amide bonds. The highest BCUT2D eigenvalue weighted by molar-refractivity contribution is 6.39. The Morgan fingerprint density at radius 2 is 1.87 bits per heavy atom. The molecule has 0 unspecified atom stereocenters. The summed E-state index contributed by atoms with van der Waals surface area (Å²) in [7, 11) is 1.66. The Morgan fingerprint density at radius 1 is 1.06 bits per heavy atom. The Morgan fingerprint density at radius 3 is 2.61 bits per heavy atom. The van der Waals surface area contributed by atoms with Crippen LogP contribution in [0.25, 0.3) is 10.9 Å². The number of rotatable bonds is 8. The van der Waals surface area contributed by atoms with Crippen molar-refractivity contribution >= 4 is 51.2 Å². The number of aliphatic hydroxyl groups is 1. The molecule has 160 valence electrons. The zero-order chi connectivity index (χ0) is 21.8. The van der Waals surface area contributed by atoms with Gasteiger partial charge < -0.3 is 25.5 Å². The minimum atomic E-state index is -0.121. The summed E-state index contributed by atoms with van der Waals surface area (Å²) in [5.41, 5.74) is 5.07. The number of H-pyrrole nitrogens is 1. The number of aromatic amines is 1. The largest absolute Gasteiger partial charge is 0.497 e. The topological polar surface area (TPSA) is 82.2 Å². The van der Waals surface area contributed by atoms with Crippen molar-refractivity contribution in [3.05, 3.63) is 76.2 Å². The second kappa shape index (κ2) is 9.47. The van der Waals surface area contributed by atoms with E-state index in [1.165, 1.54) is 10.9 Å². The van der Waals surface area contributed by atoms with Gasteiger partial charge in [0.15, 0.2) is 0 Å². The van der Waals surface area contributed by atoms with Gasteiger partial charge >= 0.3 is 0 Å². The van der Waals surface area contributed by atoms with E-state index in [2.05, 4.69) is 26.7 Å². The molecule has 0 fully saturated rings. The van der Waals surface area contributed by atoms with Gasteiger partial charge in [-0.1, -0.05) is 23.2 Å². The molecule has 0 atom stereocenters. The number of halogens is 2. The third-order valence-corrected chi connectivity index (χ3v) is 5.58. The Hall–Kier alpha value is -2.93. The Kier molecular flexibility index (Phi) is 6.51. The number of fused-ring (bicyclic) bond motifs is 1. The lowest BCUT2D eigenvalue weighted by Gasteiger charge is -2.14. The summed E-state index contributed by atoms with van der Waals surface area (Å²) < 4.78 is 5.27. The van der Waals surface area contributed by atoms with Crippen LogP contribution in [0.5, 0.6) is 5.75 Å². The standard InChI is InChI=1S/C23H22Cl2N4O2/c1-31-18-2-3-19-14(12-28-22(19)11-18)4-6-27-23-20(24)9-16(10-21(23)25)29-15-5-7-26-17(8-15)13-30/h2-3,5,7-12,27-28,30H,4,6,13H2,1H3,(H,26,29). The van der Waals surface area contributed by atoms with Gasteiger partial charge in [-0.15, -0.1) is 0 Å². The molecule has 0 radical (unpaired) electrons. The second-order valence-electron chi connectivity index (χ2n) is 7.04. The molecule has 2 aromatic carbocycles. The predicted molar refractivity (Wildman–Crippen MR) is 127 cm³/mol. The fourth-order valence-corrected chi connectivity index (χ4v) is 4.07. The lowest BCUT2D eigenvalue weighted by molar-refractivity contribution is 0.277. The van der Waals surface area contributed by atoms with E-state index >= 15 is 0 Å². The van der Waals surface area contributed by atoms with Gasteiger partial charge in [0, 0.05) is 47.3 Å². The van der Waals surface area contributed by atoms with Crippen molar-refractivity contribution in [1.82, 2.24) is 9.97 Å². The SMILES string of the molecule is COc1ccc2c(CCNc3c(Cl)cc(Nc4ccnc(CO)c4)cc3Cl)c[nH]c2c1. The first-order valence-corrected chi connectivity index (χ1v) is 10.5. The molecule has 6 nitrogen and oxygen atoms in total. The molecule has 4 N–H and O–H groups in total. The Balaban J connectivity index is 1.43. The maximum Gasteiger partial charge on any atom is 0.120 e. The van der Waals surface area contributed by atoms with E-state index in [1.807, 2.05) is 36.5 Å². The monoisotopic (exact) mass is 456 g/mol. The number of hydrogen-bond acceptors (Lipinski definition) is 5. The van der Waals surface area contributed by atoms with Crippen LogP contribution in [0, 0.1) is 0 Å².